The third-order valence-corrected chi connectivity index (χ3v) is 3.59. The molecule has 0 aliphatic rings. The monoisotopic (exact) mass is 219 g/mol. The van der Waals surface area contributed by atoms with Gasteiger partial charge in [0.2, 0.25) is 0 Å². The minimum Gasteiger partial charge on any atom is -0.340 e. The Balaban J connectivity index is 2.17. The fraction of sp³-hybridized carbons (Fsp3) is 0.250. The first-order chi connectivity index (χ1) is 7.33. The summed E-state index contributed by atoms with van der Waals surface area (Å²) >= 11 is 1.81. The number of nitrogens with zero attached hydrogens (tertiary/aromatic N) is 1. The number of carbonyl (C=O) groups excluding carboxylic acids is 1. The van der Waals surface area contributed by atoms with Crippen molar-refractivity contribution in [3.8, 4) is 0 Å². The number of aldehydes is 1. The molecule has 78 valence electrons. The largest absolute Gasteiger partial charge is 0.340 e. The lowest BCUT2D eigenvalue weighted by Gasteiger charge is -2.02. The molecule has 3 heteroatoms. The molecule has 0 spiro atoms. The van der Waals surface area contributed by atoms with Crippen LogP contribution in [0.2, 0.25) is 0 Å². The number of aromatic nitrogens is 1. The Morgan fingerprint density at radius 3 is 2.80 bits per heavy atom. The summed E-state index contributed by atoms with van der Waals surface area (Å²) in [7, 11) is 0. The molecule has 0 radical (unpaired) electrons. The maximum absolute atomic E-state index is 10.7. The van der Waals surface area contributed by atoms with Crippen molar-refractivity contribution in [2.75, 3.05) is 0 Å². The zero-order valence-corrected chi connectivity index (χ0v) is 9.46. The molecular weight excluding hydrogens is 206 g/mol. The number of carbonyl (C=O) groups is 1. The van der Waals surface area contributed by atoms with Crippen molar-refractivity contribution < 1.29 is 4.79 Å². The van der Waals surface area contributed by atoms with Crippen LogP contribution in [0.25, 0.3) is 0 Å². The van der Waals surface area contributed by atoms with E-state index in [1.165, 1.54) is 9.75 Å². The summed E-state index contributed by atoms with van der Waals surface area (Å²) in [4.78, 5) is 13.4. The quantitative estimate of drug-likeness (QED) is 0.725. The van der Waals surface area contributed by atoms with E-state index in [2.05, 4.69) is 19.1 Å². The topological polar surface area (TPSA) is 22.0 Å². The molecule has 2 nitrogen and oxygen atoms in total. The van der Waals surface area contributed by atoms with Crippen LogP contribution in [0.5, 0.6) is 0 Å². The molecule has 15 heavy (non-hydrogen) atoms. The van der Waals surface area contributed by atoms with Gasteiger partial charge >= 0.3 is 0 Å². The molecule has 0 aromatic carbocycles. The van der Waals surface area contributed by atoms with E-state index in [0.717, 1.165) is 24.9 Å². The van der Waals surface area contributed by atoms with Crippen molar-refractivity contribution in [3.63, 3.8) is 0 Å². The number of hydrogen-bond acceptors (Lipinski definition) is 2. The van der Waals surface area contributed by atoms with Crippen molar-refractivity contribution in [1.82, 2.24) is 4.57 Å². The normalized spacial score (nSPS) is 10.5. The molecule has 0 unspecified atom stereocenters. The summed E-state index contributed by atoms with van der Waals surface area (Å²) < 4.78 is 1.97. The van der Waals surface area contributed by atoms with Crippen LogP contribution < -0.4 is 0 Å². The highest BCUT2D eigenvalue weighted by Crippen LogP contribution is 2.18. The van der Waals surface area contributed by atoms with E-state index < -0.39 is 0 Å². The third kappa shape index (κ3) is 2.18. The highest BCUT2D eigenvalue weighted by molar-refractivity contribution is 7.11. The Kier molecular flexibility index (Phi) is 3.02. The lowest BCUT2D eigenvalue weighted by atomic mass is 10.3. The lowest BCUT2D eigenvalue weighted by molar-refractivity contribution is 0.111. The van der Waals surface area contributed by atoms with Gasteiger partial charge in [-0.15, -0.1) is 11.3 Å². The molecule has 0 saturated heterocycles. The summed E-state index contributed by atoms with van der Waals surface area (Å²) in [6, 6.07) is 8.03. The van der Waals surface area contributed by atoms with Crippen molar-refractivity contribution in [2.24, 2.45) is 0 Å². The van der Waals surface area contributed by atoms with Crippen LogP contribution in [0.4, 0.5) is 0 Å². The Bertz CT molecular complexity index is 456. The smallest absolute Gasteiger partial charge is 0.166 e. The van der Waals surface area contributed by atoms with Gasteiger partial charge in [0, 0.05) is 16.0 Å². The van der Waals surface area contributed by atoms with Crippen LogP contribution in [0.15, 0.2) is 30.5 Å². The predicted molar refractivity (Wildman–Crippen MR) is 62.6 cm³/mol. The van der Waals surface area contributed by atoms with E-state index in [0.29, 0.717) is 0 Å². The molecule has 2 rings (SSSR count). The first-order valence-electron chi connectivity index (χ1n) is 5.01. The maximum atomic E-state index is 10.7. The van der Waals surface area contributed by atoms with Gasteiger partial charge in [0.25, 0.3) is 0 Å². The molecule has 0 saturated carbocycles. The second-order valence-corrected chi connectivity index (χ2v) is 4.65. The highest BCUT2D eigenvalue weighted by Gasteiger charge is 2.02. The average Bonchev–Trinajstić information content (AvgIpc) is 2.87. The molecule has 0 atom stereocenters. The molecule has 0 fully saturated rings. The maximum Gasteiger partial charge on any atom is 0.166 e. The fourth-order valence-corrected chi connectivity index (χ4v) is 2.50. The predicted octanol–water partition coefficient (Wildman–Crippen LogP) is 2.97. The van der Waals surface area contributed by atoms with Crippen LogP contribution >= 0.6 is 11.3 Å². The fourth-order valence-electron chi connectivity index (χ4n) is 1.54. The van der Waals surface area contributed by atoms with Crippen molar-refractivity contribution in [1.29, 1.82) is 0 Å². The molecule has 0 bridgehead atoms. The first-order valence-corrected chi connectivity index (χ1v) is 5.83. The molecule has 0 N–H and O–H groups in total. The van der Waals surface area contributed by atoms with Gasteiger partial charge in [-0.05, 0) is 30.7 Å². The molecule has 2 heterocycles. The Labute approximate surface area is 93.2 Å². The van der Waals surface area contributed by atoms with Crippen LogP contribution in [0, 0.1) is 0 Å². The Hall–Kier alpha value is -1.35. The average molecular weight is 219 g/mol. The van der Waals surface area contributed by atoms with Crippen LogP contribution in [-0.2, 0) is 13.0 Å². The summed E-state index contributed by atoms with van der Waals surface area (Å²) in [6.45, 7) is 2.95. The Morgan fingerprint density at radius 2 is 2.13 bits per heavy atom. The van der Waals surface area contributed by atoms with Gasteiger partial charge in [-0.1, -0.05) is 6.92 Å². The third-order valence-electron chi connectivity index (χ3n) is 2.38. The van der Waals surface area contributed by atoms with E-state index in [-0.39, 0.29) is 0 Å². The molecule has 2 aromatic rings. The summed E-state index contributed by atoms with van der Waals surface area (Å²) in [6.07, 6.45) is 3.92. The van der Waals surface area contributed by atoms with E-state index >= 15 is 0 Å². The van der Waals surface area contributed by atoms with Gasteiger partial charge in [-0.25, -0.2) is 0 Å². The van der Waals surface area contributed by atoms with Crippen molar-refractivity contribution in [3.05, 3.63) is 45.9 Å². The zero-order valence-electron chi connectivity index (χ0n) is 8.64. The van der Waals surface area contributed by atoms with Gasteiger partial charge in [-0.3, -0.25) is 4.79 Å². The van der Waals surface area contributed by atoms with E-state index in [1.54, 1.807) is 0 Å². The lowest BCUT2D eigenvalue weighted by Crippen LogP contribution is -2.00. The van der Waals surface area contributed by atoms with Crippen molar-refractivity contribution >= 4 is 17.6 Å². The number of thiophene rings is 1. The summed E-state index contributed by atoms with van der Waals surface area (Å²) in [5.74, 6) is 0. The second-order valence-electron chi connectivity index (χ2n) is 3.40. The van der Waals surface area contributed by atoms with E-state index in [9.17, 15) is 4.79 Å². The minimum absolute atomic E-state index is 0.737. The van der Waals surface area contributed by atoms with Crippen LogP contribution in [0.1, 0.15) is 27.2 Å². The zero-order chi connectivity index (χ0) is 10.7. The van der Waals surface area contributed by atoms with E-state index in [1.807, 2.05) is 34.2 Å². The highest BCUT2D eigenvalue weighted by atomic mass is 32.1. The van der Waals surface area contributed by atoms with Gasteiger partial charge in [0.1, 0.15) is 0 Å². The molecule has 0 amide bonds. The number of hydrogen-bond donors (Lipinski definition) is 0. The first kappa shape index (κ1) is 10.2. The van der Waals surface area contributed by atoms with Crippen LogP contribution in [0.3, 0.4) is 0 Å². The second kappa shape index (κ2) is 4.45. The number of rotatable bonds is 4. The van der Waals surface area contributed by atoms with Crippen molar-refractivity contribution in [2.45, 2.75) is 19.9 Å². The molecule has 0 aliphatic carbocycles. The Morgan fingerprint density at radius 1 is 1.33 bits per heavy atom. The van der Waals surface area contributed by atoms with Crippen LogP contribution in [-0.4, -0.2) is 10.9 Å². The van der Waals surface area contributed by atoms with E-state index in [4.69, 9.17) is 0 Å². The summed E-state index contributed by atoms with van der Waals surface area (Å²) in [5.41, 5.74) is 0.737. The van der Waals surface area contributed by atoms with Gasteiger partial charge in [-0.2, -0.15) is 0 Å². The SMILES string of the molecule is CCc1ccc(Cn2cccc2C=O)s1. The van der Waals surface area contributed by atoms with Gasteiger partial charge < -0.3 is 4.57 Å². The standard InChI is InChI=1S/C12H13NOS/c1-2-11-5-6-12(15-11)8-13-7-3-4-10(13)9-14/h3-7,9H,2,8H2,1H3. The van der Waals surface area contributed by atoms with Gasteiger partial charge in [0.05, 0.1) is 12.2 Å². The summed E-state index contributed by atoms with van der Waals surface area (Å²) in [5, 5.41) is 0. The minimum atomic E-state index is 0.737. The molecule has 2 aromatic heterocycles. The molecule has 0 aliphatic heterocycles. The number of aryl methyl sites for hydroxylation is 1. The molecular formula is C12H13NOS. The van der Waals surface area contributed by atoms with Gasteiger partial charge in [0.15, 0.2) is 6.29 Å².